The van der Waals surface area contributed by atoms with Crippen LogP contribution in [0.3, 0.4) is 0 Å². The van der Waals surface area contributed by atoms with Gasteiger partial charge in [-0.3, -0.25) is 14.4 Å². The van der Waals surface area contributed by atoms with Gasteiger partial charge < -0.3 is 4.90 Å². The van der Waals surface area contributed by atoms with Crippen molar-refractivity contribution >= 4 is 40.7 Å². The van der Waals surface area contributed by atoms with E-state index in [2.05, 4.69) is 13.8 Å². The molecule has 2 heterocycles. The van der Waals surface area contributed by atoms with Crippen molar-refractivity contribution in [1.29, 1.82) is 0 Å². The van der Waals surface area contributed by atoms with Crippen LogP contribution in [0, 0.1) is 5.41 Å². The number of rotatable bonds is 3. The summed E-state index contributed by atoms with van der Waals surface area (Å²) in [5.41, 5.74) is 3.10. The molecule has 3 aliphatic rings. The number of hydrogen-bond acceptors (Lipinski definition) is 4. The number of ketones is 3. The largest absolute Gasteiger partial charge is 0.352 e. The van der Waals surface area contributed by atoms with Gasteiger partial charge in [0.25, 0.3) is 0 Å². The van der Waals surface area contributed by atoms with Gasteiger partial charge in [-0.05, 0) is 47.7 Å². The van der Waals surface area contributed by atoms with E-state index < -0.39 is 23.4 Å². The molecule has 0 aromatic heterocycles. The lowest BCUT2D eigenvalue weighted by Gasteiger charge is -2.37. The molecule has 4 nitrogen and oxygen atoms in total. The van der Waals surface area contributed by atoms with E-state index >= 15 is 0 Å². The molecular formula is C31H26ClNO3. The monoisotopic (exact) mass is 495 g/mol. The molecule has 1 spiro atoms. The fraction of sp³-hybridized carbons (Fsp3) is 0.258. The standard InChI is InChI=1S/C31H26ClNO3/c1-17(2)19-8-10-20(11-9-19)27-28(18(3)34)33-25-14-13-22(32)16-21(25)12-15-26(33)31(27)29(35)23-6-4-5-7-24(23)30(31)36/h4-17,26-28H,1-3H3/t26-,27-,28-/m1/s1. The van der Waals surface area contributed by atoms with Gasteiger partial charge in [0, 0.05) is 27.8 Å². The summed E-state index contributed by atoms with van der Waals surface area (Å²) in [6, 6.07) is 19.4. The summed E-state index contributed by atoms with van der Waals surface area (Å²) in [7, 11) is 0. The highest BCUT2D eigenvalue weighted by Crippen LogP contribution is 2.60. The number of hydrogen-bond donors (Lipinski definition) is 0. The summed E-state index contributed by atoms with van der Waals surface area (Å²) in [6.07, 6.45) is 3.84. The minimum absolute atomic E-state index is 0.0810. The molecule has 0 N–H and O–H groups in total. The Balaban J connectivity index is 1.65. The van der Waals surface area contributed by atoms with Crippen molar-refractivity contribution in [2.45, 2.75) is 44.7 Å². The number of anilines is 1. The summed E-state index contributed by atoms with van der Waals surface area (Å²) < 4.78 is 0. The van der Waals surface area contributed by atoms with Crippen LogP contribution in [0.25, 0.3) is 6.08 Å². The Kier molecular flexibility index (Phi) is 5.10. The molecule has 0 radical (unpaired) electrons. The Labute approximate surface area is 215 Å². The second-order valence-electron chi connectivity index (χ2n) is 10.3. The van der Waals surface area contributed by atoms with Crippen molar-refractivity contribution in [2.75, 3.05) is 4.90 Å². The molecule has 5 heteroatoms. The first kappa shape index (κ1) is 22.9. The van der Waals surface area contributed by atoms with Gasteiger partial charge in [0.15, 0.2) is 17.3 Å². The lowest BCUT2D eigenvalue weighted by Crippen LogP contribution is -2.48. The van der Waals surface area contributed by atoms with E-state index in [4.69, 9.17) is 11.6 Å². The first-order chi connectivity index (χ1) is 17.3. The van der Waals surface area contributed by atoms with Gasteiger partial charge in [0.05, 0.1) is 12.1 Å². The van der Waals surface area contributed by atoms with Crippen molar-refractivity contribution in [1.82, 2.24) is 0 Å². The molecule has 0 amide bonds. The molecule has 3 aromatic carbocycles. The first-order valence-corrected chi connectivity index (χ1v) is 12.7. The Bertz CT molecular complexity index is 1430. The van der Waals surface area contributed by atoms with E-state index in [-0.39, 0.29) is 17.3 Å². The minimum atomic E-state index is -1.44. The normalized spacial score (nSPS) is 23.2. The van der Waals surface area contributed by atoms with Gasteiger partial charge >= 0.3 is 0 Å². The topological polar surface area (TPSA) is 54.5 Å². The Morgan fingerprint density at radius 1 is 0.944 bits per heavy atom. The first-order valence-electron chi connectivity index (χ1n) is 12.3. The molecule has 1 aliphatic carbocycles. The van der Waals surface area contributed by atoms with Crippen LogP contribution in [-0.4, -0.2) is 29.4 Å². The van der Waals surface area contributed by atoms with Crippen LogP contribution in [0.15, 0.2) is 72.8 Å². The van der Waals surface area contributed by atoms with Crippen LogP contribution in [-0.2, 0) is 4.79 Å². The summed E-state index contributed by atoms with van der Waals surface area (Å²) in [4.78, 5) is 44.2. The highest BCUT2D eigenvalue weighted by atomic mass is 35.5. The maximum absolute atomic E-state index is 14.4. The SMILES string of the molecule is CC(=O)[C@@H]1[C@@H](c2ccc(C(C)C)cc2)C2(C(=O)c3ccccc3C2=O)[C@H]2C=Cc3cc(Cl)ccc3N12. The second kappa shape index (κ2) is 8.01. The van der Waals surface area contributed by atoms with Crippen LogP contribution < -0.4 is 4.90 Å². The third-order valence-corrected chi connectivity index (χ3v) is 8.38. The Morgan fingerprint density at radius 3 is 2.17 bits per heavy atom. The van der Waals surface area contributed by atoms with E-state index in [0.717, 1.165) is 22.4 Å². The van der Waals surface area contributed by atoms with Crippen LogP contribution in [0.1, 0.15) is 70.0 Å². The number of benzene rings is 3. The molecule has 0 saturated carbocycles. The summed E-state index contributed by atoms with van der Waals surface area (Å²) >= 11 is 6.28. The van der Waals surface area contributed by atoms with Crippen LogP contribution in [0.2, 0.25) is 5.02 Å². The molecule has 0 unspecified atom stereocenters. The summed E-state index contributed by atoms with van der Waals surface area (Å²) in [5, 5.41) is 0.589. The van der Waals surface area contributed by atoms with Crippen molar-refractivity contribution in [3.05, 3.63) is 106 Å². The van der Waals surface area contributed by atoms with Gasteiger partial charge in [0.1, 0.15) is 5.41 Å². The third-order valence-electron chi connectivity index (χ3n) is 8.14. The van der Waals surface area contributed by atoms with E-state index in [1.54, 1.807) is 37.3 Å². The maximum Gasteiger partial charge on any atom is 0.180 e. The number of carbonyl (C=O) groups excluding carboxylic acids is 3. The van der Waals surface area contributed by atoms with Crippen LogP contribution in [0.4, 0.5) is 5.69 Å². The molecule has 2 aliphatic heterocycles. The highest BCUT2D eigenvalue weighted by molar-refractivity contribution is 6.32. The van der Waals surface area contributed by atoms with Gasteiger partial charge in [-0.2, -0.15) is 0 Å². The lowest BCUT2D eigenvalue weighted by molar-refractivity contribution is -0.118. The number of Topliss-reactive ketones (excluding diaryl/α,β-unsaturated/α-hetero) is 3. The van der Waals surface area contributed by atoms with Crippen molar-refractivity contribution in [2.24, 2.45) is 5.41 Å². The average molecular weight is 496 g/mol. The van der Waals surface area contributed by atoms with Crippen LogP contribution >= 0.6 is 11.6 Å². The van der Waals surface area contributed by atoms with Crippen molar-refractivity contribution < 1.29 is 14.4 Å². The molecule has 180 valence electrons. The average Bonchev–Trinajstić information content (AvgIpc) is 3.30. The lowest BCUT2D eigenvalue weighted by atomic mass is 9.64. The number of nitrogens with zero attached hydrogens (tertiary/aromatic N) is 1. The quantitative estimate of drug-likeness (QED) is 0.390. The minimum Gasteiger partial charge on any atom is -0.352 e. The van der Waals surface area contributed by atoms with E-state index in [9.17, 15) is 14.4 Å². The number of halogens is 1. The van der Waals surface area contributed by atoms with E-state index in [0.29, 0.717) is 22.1 Å². The maximum atomic E-state index is 14.4. The Morgan fingerprint density at radius 2 is 1.58 bits per heavy atom. The fourth-order valence-electron chi connectivity index (χ4n) is 6.56. The van der Waals surface area contributed by atoms with E-state index in [1.807, 2.05) is 53.5 Å². The van der Waals surface area contributed by atoms with Crippen LogP contribution in [0.5, 0.6) is 0 Å². The summed E-state index contributed by atoms with van der Waals surface area (Å²) in [5.74, 6) is -0.795. The molecule has 3 atom stereocenters. The number of fused-ring (bicyclic) bond motifs is 5. The number of carbonyl (C=O) groups is 3. The van der Waals surface area contributed by atoms with Gasteiger partial charge in [0.2, 0.25) is 0 Å². The van der Waals surface area contributed by atoms with Crippen molar-refractivity contribution in [3.63, 3.8) is 0 Å². The smallest absolute Gasteiger partial charge is 0.180 e. The molecule has 1 saturated heterocycles. The zero-order chi connectivity index (χ0) is 25.4. The summed E-state index contributed by atoms with van der Waals surface area (Å²) in [6.45, 7) is 5.80. The second-order valence-corrected chi connectivity index (χ2v) is 10.8. The highest BCUT2D eigenvalue weighted by Gasteiger charge is 2.71. The molecule has 1 fully saturated rings. The zero-order valence-electron chi connectivity index (χ0n) is 20.4. The van der Waals surface area contributed by atoms with Gasteiger partial charge in [-0.1, -0.05) is 86.1 Å². The predicted octanol–water partition coefficient (Wildman–Crippen LogP) is 6.49. The van der Waals surface area contributed by atoms with Crippen molar-refractivity contribution in [3.8, 4) is 0 Å². The molecular weight excluding hydrogens is 470 g/mol. The third kappa shape index (κ3) is 2.91. The predicted molar refractivity (Wildman–Crippen MR) is 142 cm³/mol. The Hall–Kier alpha value is -3.50. The molecule has 3 aromatic rings. The fourth-order valence-corrected chi connectivity index (χ4v) is 6.74. The van der Waals surface area contributed by atoms with Gasteiger partial charge in [-0.25, -0.2) is 0 Å². The van der Waals surface area contributed by atoms with Gasteiger partial charge in [-0.15, -0.1) is 0 Å². The molecule has 0 bridgehead atoms. The molecule has 6 rings (SSSR count). The van der Waals surface area contributed by atoms with E-state index in [1.165, 1.54) is 0 Å². The molecule has 36 heavy (non-hydrogen) atoms. The zero-order valence-corrected chi connectivity index (χ0v) is 21.1.